The van der Waals surface area contributed by atoms with Crippen LogP contribution in [0.3, 0.4) is 0 Å². The molecule has 5 N–H and O–H groups in total. The topological polar surface area (TPSA) is 230 Å². The van der Waals surface area contributed by atoms with Crippen LogP contribution in [0.4, 0.5) is 34.1 Å². The normalized spacial score (nSPS) is 16.3. The third-order valence-corrected chi connectivity index (χ3v) is 13.8. The number of carbonyl (C=O) groups excluding carboxylic acids is 1. The number of anilines is 6. The second-order valence-electron chi connectivity index (χ2n) is 15.8. The van der Waals surface area contributed by atoms with Crippen molar-refractivity contribution in [3.05, 3.63) is 160 Å². The minimum atomic E-state index is -3.24. The Labute approximate surface area is 380 Å². The Balaban J connectivity index is 0.000000206. The number of amides is 1. The molecule has 17 nitrogen and oxygen atoms in total. The van der Waals surface area contributed by atoms with E-state index in [4.69, 9.17) is 9.47 Å². The second-order valence-corrected chi connectivity index (χ2v) is 17.8. The van der Waals surface area contributed by atoms with Crippen molar-refractivity contribution < 1.29 is 32.6 Å². The highest BCUT2D eigenvalue weighted by Crippen LogP contribution is 2.36. The zero-order valence-corrected chi connectivity index (χ0v) is 37.6. The molecule has 0 spiro atoms. The molecule has 6 aromatic carbocycles. The van der Waals surface area contributed by atoms with Crippen LogP contribution in [-0.2, 0) is 10.0 Å². The number of para-hydroxylation sites is 2. The SMILES string of the molecule is CC[C@@H](Nc1c(Nc2cccc(C(=O)N3CCN4C(CCS4(=O)=O)C3)c2OC)c(=O)c1=O)c1ccccc1.CC[C@@H](Nc1c(Nc2cccc(C(=O)O)c2OC)c(=O)c1=O)c1ccccc1. The Morgan fingerprint density at radius 2 is 1.11 bits per heavy atom. The van der Waals surface area contributed by atoms with Gasteiger partial charge in [-0.1, -0.05) is 86.6 Å². The van der Waals surface area contributed by atoms with Crippen LogP contribution in [0.15, 0.2) is 116 Å². The molecular formula is C48H50N6O11S. The van der Waals surface area contributed by atoms with E-state index in [0.29, 0.717) is 37.2 Å². The largest absolute Gasteiger partial charge is 0.494 e. The van der Waals surface area contributed by atoms with Crippen LogP contribution in [0, 0.1) is 0 Å². The number of carboxylic acid groups (broad SMARTS) is 1. The molecule has 0 bridgehead atoms. The summed E-state index contributed by atoms with van der Waals surface area (Å²) in [7, 11) is -0.467. The van der Waals surface area contributed by atoms with Gasteiger partial charge in [-0.2, -0.15) is 4.31 Å². The number of sulfonamides is 1. The molecule has 8 rings (SSSR count). The minimum absolute atomic E-state index is 0.0450. The van der Waals surface area contributed by atoms with Crippen LogP contribution in [0.2, 0.25) is 0 Å². The summed E-state index contributed by atoms with van der Waals surface area (Å²) >= 11 is 0. The highest BCUT2D eigenvalue weighted by atomic mass is 32.2. The molecule has 2 aliphatic heterocycles. The smallest absolute Gasteiger partial charge is 0.339 e. The summed E-state index contributed by atoms with van der Waals surface area (Å²) in [5.74, 6) is -1.01. The molecule has 2 aliphatic rings. The molecule has 18 heteroatoms. The van der Waals surface area contributed by atoms with Gasteiger partial charge in [-0.15, -0.1) is 0 Å². The van der Waals surface area contributed by atoms with Crippen molar-refractivity contribution in [2.75, 3.05) is 60.9 Å². The van der Waals surface area contributed by atoms with Crippen LogP contribution < -0.4 is 52.5 Å². The lowest BCUT2D eigenvalue weighted by atomic mass is 10.0. The van der Waals surface area contributed by atoms with Gasteiger partial charge in [0.25, 0.3) is 27.6 Å². The number of carboxylic acids is 1. The van der Waals surface area contributed by atoms with Crippen LogP contribution in [0.25, 0.3) is 0 Å². The molecule has 0 aromatic heterocycles. The summed E-state index contributed by atoms with van der Waals surface area (Å²) in [5.41, 5.74) is 0.997. The number of nitrogens with one attached hydrogen (secondary N) is 4. The lowest BCUT2D eigenvalue weighted by Gasteiger charge is -2.36. The van der Waals surface area contributed by atoms with E-state index < -0.39 is 37.7 Å². The third-order valence-electron chi connectivity index (χ3n) is 11.9. The quantitative estimate of drug-likeness (QED) is 0.0728. The molecule has 344 valence electrons. The Bertz CT molecular complexity index is 3000. The summed E-state index contributed by atoms with van der Waals surface area (Å²) in [5, 5.41) is 21.5. The number of hydrogen-bond acceptors (Lipinski definition) is 14. The molecule has 6 aromatic rings. The van der Waals surface area contributed by atoms with Gasteiger partial charge >= 0.3 is 5.97 Å². The molecule has 2 saturated heterocycles. The van der Waals surface area contributed by atoms with Crippen molar-refractivity contribution in [2.24, 2.45) is 0 Å². The highest BCUT2D eigenvalue weighted by Gasteiger charge is 2.42. The third kappa shape index (κ3) is 9.27. The predicted molar refractivity (Wildman–Crippen MR) is 253 cm³/mol. The van der Waals surface area contributed by atoms with E-state index in [0.717, 1.165) is 11.1 Å². The van der Waals surface area contributed by atoms with E-state index in [1.54, 1.807) is 29.2 Å². The predicted octanol–water partition coefficient (Wildman–Crippen LogP) is 5.75. The van der Waals surface area contributed by atoms with E-state index >= 15 is 0 Å². The molecule has 2 heterocycles. The fourth-order valence-corrected chi connectivity index (χ4v) is 10.2. The lowest BCUT2D eigenvalue weighted by molar-refractivity contribution is 0.0637. The Morgan fingerprint density at radius 3 is 1.56 bits per heavy atom. The first-order chi connectivity index (χ1) is 31.7. The average molecular weight is 919 g/mol. The van der Waals surface area contributed by atoms with Crippen molar-refractivity contribution in [1.82, 2.24) is 9.21 Å². The number of carbonyl (C=O) groups is 2. The molecule has 0 radical (unpaired) electrons. The number of hydrogen-bond donors (Lipinski definition) is 5. The van der Waals surface area contributed by atoms with Crippen LogP contribution in [0.1, 0.15) is 77.0 Å². The average Bonchev–Trinajstić information content (AvgIpc) is 3.66. The molecule has 1 amide bonds. The van der Waals surface area contributed by atoms with Gasteiger partial charge in [-0.3, -0.25) is 24.0 Å². The van der Waals surface area contributed by atoms with E-state index in [1.807, 2.05) is 74.5 Å². The van der Waals surface area contributed by atoms with Crippen LogP contribution in [-0.4, -0.2) is 80.3 Å². The number of aromatic carboxylic acids is 1. The van der Waals surface area contributed by atoms with Crippen LogP contribution in [0.5, 0.6) is 11.5 Å². The van der Waals surface area contributed by atoms with Crippen molar-refractivity contribution in [3.63, 3.8) is 0 Å². The summed E-state index contributed by atoms with van der Waals surface area (Å²) in [6.45, 7) is 4.81. The molecule has 3 atom stereocenters. The maximum atomic E-state index is 13.5. The first-order valence-electron chi connectivity index (χ1n) is 21.4. The van der Waals surface area contributed by atoms with E-state index in [-0.39, 0.29) is 88.3 Å². The van der Waals surface area contributed by atoms with Gasteiger partial charge in [0.1, 0.15) is 28.3 Å². The number of piperazine rings is 1. The summed E-state index contributed by atoms with van der Waals surface area (Å²) in [6.07, 6.45) is 1.90. The number of ether oxygens (including phenoxy) is 2. The Hall–Kier alpha value is -7.31. The molecule has 2 fully saturated rings. The standard InChI is InChI=1S/C27H30N4O6S.C21H20N2O5/c1-3-20(17-8-5-4-6-9-17)28-22-23(25(33)24(22)32)29-21-11-7-10-19(26(21)37-2)27(34)30-13-14-31-18(16-30)12-15-38(31,35)36;1-3-14(12-8-5-4-6-9-12)22-16-17(19(25)18(16)24)23-15-11-7-10-13(21(26)27)20(15)28-2/h4-11,18,20,28-29H,3,12-16H2,1-2H3;4-11,14,22-23H,3H2,1-2H3,(H,26,27)/t18?,20-;14-/m11/s1. The van der Waals surface area contributed by atoms with Gasteiger partial charge in [0.2, 0.25) is 10.0 Å². The fraction of sp³-hybridized carbons (Fsp3) is 0.292. The molecule has 0 saturated carbocycles. The first kappa shape index (κ1) is 46.7. The maximum Gasteiger partial charge on any atom is 0.339 e. The zero-order valence-electron chi connectivity index (χ0n) is 36.8. The Kier molecular flexibility index (Phi) is 14.0. The van der Waals surface area contributed by atoms with E-state index in [2.05, 4.69) is 21.3 Å². The fourth-order valence-electron chi connectivity index (χ4n) is 8.37. The number of benzene rings is 4. The van der Waals surface area contributed by atoms with Crippen molar-refractivity contribution >= 4 is 56.0 Å². The number of nitrogens with zero attached hydrogens (tertiary/aromatic N) is 2. The van der Waals surface area contributed by atoms with E-state index in [1.165, 1.54) is 30.7 Å². The highest BCUT2D eigenvalue weighted by molar-refractivity contribution is 7.89. The van der Waals surface area contributed by atoms with Gasteiger partial charge in [0, 0.05) is 25.7 Å². The minimum Gasteiger partial charge on any atom is -0.494 e. The van der Waals surface area contributed by atoms with Crippen molar-refractivity contribution in [1.29, 1.82) is 0 Å². The zero-order chi connectivity index (χ0) is 47.3. The number of methoxy groups -OCH3 is 2. The van der Waals surface area contributed by atoms with Crippen molar-refractivity contribution in [3.8, 4) is 11.5 Å². The van der Waals surface area contributed by atoms with Gasteiger partial charge in [-0.05, 0) is 54.7 Å². The second kappa shape index (κ2) is 19.8. The molecular weight excluding hydrogens is 869 g/mol. The van der Waals surface area contributed by atoms with Crippen LogP contribution >= 0.6 is 0 Å². The molecule has 1 unspecified atom stereocenters. The first-order valence-corrected chi connectivity index (χ1v) is 23.0. The summed E-state index contributed by atoms with van der Waals surface area (Å²) < 4.78 is 36.7. The molecule has 0 aliphatic carbocycles. The van der Waals surface area contributed by atoms with Crippen molar-refractivity contribution in [2.45, 2.75) is 51.2 Å². The monoisotopic (exact) mass is 918 g/mol. The van der Waals surface area contributed by atoms with Gasteiger partial charge in [-0.25, -0.2) is 13.2 Å². The number of fused-ring (bicyclic) bond motifs is 1. The van der Waals surface area contributed by atoms with Gasteiger partial charge in [0.05, 0.1) is 49.0 Å². The molecule has 66 heavy (non-hydrogen) atoms. The van der Waals surface area contributed by atoms with Gasteiger partial charge < -0.3 is 40.7 Å². The van der Waals surface area contributed by atoms with E-state index in [9.17, 15) is 42.3 Å². The summed E-state index contributed by atoms with van der Waals surface area (Å²) in [4.78, 5) is 75.8. The Morgan fingerprint density at radius 1 is 0.652 bits per heavy atom. The lowest BCUT2D eigenvalue weighted by Crippen LogP contribution is -2.53. The van der Waals surface area contributed by atoms with Gasteiger partial charge in [0.15, 0.2) is 11.5 Å². The summed E-state index contributed by atoms with van der Waals surface area (Å²) in [6, 6.07) is 28.2. The maximum absolute atomic E-state index is 13.5. The number of rotatable bonds is 16.